The van der Waals surface area contributed by atoms with Crippen molar-refractivity contribution in [2.75, 3.05) is 20.3 Å². The van der Waals surface area contributed by atoms with Gasteiger partial charge in [-0.25, -0.2) is 19.6 Å². The molecule has 4 aromatic heterocycles. The van der Waals surface area contributed by atoms with Gasteiger partial charge in [-0.15, -0.1) is 11.3 Å². The fourth-order valence-electron chi connectivity index (χ4n) is 5.22. The van der Waals surface area contributed by atoms with Crippen molar-refractivity contribution >= 4 is 23.3 Å². The number of hydrogen-bond donors (Lipinski definition) is 0. The quantitative estimate of drug-likeness (QED) is 0.114. The van der Waals surface area contributed by atoms with Crippen molar-refractivity contribution in [2.45, 2.75) is 53.8 Å². The van der Waals surface area contributed by atoms with Gasteiger partial charge in [0.15, 0.2) is 0 Å². The smallest absolute Gasteiger partial charge is 0.338 e. The van der Waals surface area contributed by atoms with Crippen LogP contribution >= 0.6 is 11.3 Å². The fourth-order valence-corrected chi connectivity index (χ4v) is 6.11. The maximum absolute atomic E-state index is 12.7. The van der Waals surface area contributed by atoms with Crippen molar-refractivity contribution in [3.8, 4) is 26.9 Å². The molecule has 0 radical (unpaired) electrons. The Bertz CT molecular complexity index is 1870. The van der Waals surface area contributed by atoms with Crippen LogP contribution in [0, 0.1) is 6.92 Å². The normalized spacial score (nSPS) is 11.0. The van der Waals surface area contributed by atoms with Gasteiger partial charge in [-0.05, 0) is 93.4 Å². The topological polar surface area (TPSA) is 117 Å². The third-order valence-electron chi connectivity index (χ3n) is 7.39. The van der Waals surface area contributed by atoms with Crippen LogP contribution in [0.1, 0.15) is 70.0 Å². The van der Waals surface area contributed by atoms with E-state index in [1.54, 1.807) is 56.6 Å². The van der Waals surface area contributed by atoms with Crippen LogP contribution < -0.4 is 4.74 Å². The molecule has 5 aromatic rings. The number of aromatic nitrogens is 4. The first kappa shape index (κ1) is 34.3. The molecule has 0 aliphatic heterocycles. The summed E-state index contributed by atoms with van der Waals surface area (Å²) in [7, 11) is 1.65. The van der Waals surface area contributed by atoms with Crippen LogP contribution in [-0.4, -0.2) is 57.1 Å². The Balaban J connectivity index is 1.45. The molecule has 0 saturated carbocycles. The average Bonchev–Trinajstić information content (AvgIpc) is 3.59. The average molecular weight is 666 g/mol. The van der Waals surface area contributed by atoms with E-state index in [2.05, 4.69) is 9.88 Å². The molecular weight excluding hydrogens is 627 g/mol. The summed E-state index contributed by atoms with van der Waals surface area (Å²) < 4.78 is 15.8. The predicted octanol–water partition coefficient (Wildman–Crippen LogP) is 7.10. The van der Waals surface area contributed by atoms with Gasteiger partial charge in [0.05, 0.1) is 59.1 Å². The first-order valence-electron chi connectivity index (χ1n) is 15.9. The third kappa shape index (κ3) is 8.87. The lowest BCUT2D eigenvalue weighted by atomic mass is 10.1. The van der Waals surface area contributed by atoms with E-state index in [4.69, 9.17) is 29.2 Å². The zero-order valence-corrected chi connectivity index (χ0v) is 28.7. The van der Waals surface area contributed by atoms with E-state index < -0.39 is 0 Å². The molecule has 0 saturated heterocycles. The molecule has 5 rings (SSSR count). The number of carbonyl (C=O) groups is 2. The number of methoxy groups -OCH3 is 1. The number of carbonyl (C=O) groups excluding carboxylic acids is 2. The number of rotatable bonds is 14. The van der Waals surface area contributed by atoms with Crippen LogP contribution in [-0.2, 0) is 35.5 Å². The van der Waals surface area contributed by atoms with Crippen LogP contribution in [0.15, 0.2) is 72.9 Å². The molecule has 1 aromatic carbocycles. The van der Waals surface area contributed by atoms with Gasteiger partial charge in [0.2, 0.25) is 0 Å². The lowest BCUT2D eigenvalue weighted by Gasteiger charge is -2.22. The Morgan fingerprint density at radius 1 is 0.750 bits per heavy atom. The molecule has 0 atom stereocenters. The SMILES string of the molecule is CCOC(=O)c1cc(C)nc(CN(Cc2cc(C(=O)OCC)cc(CC)n2)Cc2cccc(-c3ncc(-c4ccc(OC)cc4)s3)n2)c1. The summed E-state index contributed by atoms with van der Waals surface area (Å²) in [5, 5.41) is 0.810. The number of pyridine rings is 3. The van der Waals surface area contributed by atoms with Crippen LogP contribution in [0.4, 0.5) is 0 Å². The van der Waals surface area contributed by atoms with Crippen molar-refractivity contribution in [3.63, 3.8) is 0 Å². The second-order valence-electron chi connectivity index (χ2n) is 11.0. The van der Waals surface area contributed by atoms with Crippen LogP contribution in [0.25, 0.3) is 21.1 Å². The van der Waals surface area contributed by atoms with Gasteiger partial charge in [0.25, 0.3) is 0 Å². The van der Waals surface area contributed by atoms with Crippen LogP contribution in [0.2, 0.25) is 0 Å². The van der Waals surface area contributed by atoms with Gasteiger partial charge in [0, 0.05) is 37.2 Å². The predicted molar refractivity (Wildman–Crippen MR) is 185 cm³/mol. The van der Waals surface area contributed by atoms with E-state index in [1.165, 1.54) is 0 Å². The van der Waals surface area contributed by atoms with Gasteiger partial charge in [0.1, 0.15) is 10.8 Å². The molecule has 10 nitrogen and oxygen atoms in total. The minimum Gasteiger partial charge on any atom is -0.497 e. The lowest BCUT2D eigenvalue weighted by Crippen LogP contribution is -2.25. The highest BCUT2D eigenvalue weighted by Crippen LogP contribution is 2.32. The number of aryl methyl sites for hydroxylation is 2. The van der Waals surface area contributed by atoms with E-state index in [9.17, 15) is 9.59 Å². The molecule has 0 N–H and O–H groups in total. The Kier molecular flexibility index (Phi) is 11.6. The molecule has 0 bridgehead atoms. The summed E-state index contributed by atoms with van der Waals surface area (Å²) in [5.41, 5.74) is 6.49. The molecule has 0 unspecified atom stereocenters. The summed E-state index contributed by atoms with van der Waals surface area (Å²) in [4.78, 5) is 47.7. The van der Waals surface area contributed by atoms with Crippen molar-refractivity contribution in [2.24, 2.45) is 0 Å². The Morgan fingerprint density at radius 3 is 2.02 bits per heavy atom. The maximum atomic E-state index is 12.7. The first-order chi connectivity index (χ1) is 23.3. The highest BCUT2D eigenvalue weighted by molar-refractivity contribution is 7.18. The summed E-state index contributed by atoms with van der Waals surface area (Å²) >= 11 is 1.57. The van der Waals surface area contributed by atoms with Crippen LogP contribution in [0.3, 0.4) is 0 Å². The summed E-state index contributed by atoms with van der Waals surface area (Å²) in [6.07, 6.45) is 2.53. The number of ether oxygens (including phenoxy) is 3. The monoisotopic (exact) mass is 665 g/mol. The van der Waals surface area contributed by atoms with Crippen LogP contribution in [0.5, 0.6) is 5.75 Å². The molecule has 0 fully saturated rings. The lowest BCUT2D eigenvalue weighted by molar-refractivity contribution is 0.0516. The first-order valence-corrected chi connectivity index (χ1v) is 16.7. The third-order valence-corrected chi connectivity index (χ3v) is 8.45. The van der Waals surface area contributed by atoms with E-state index >= 15 is 0 Å². The van der Waals surface area contributed by atoms with E-state index in [0.29, 0.717) is 48.6 Å². The molecule has 0 spiro atoms. The second-order valence-corrected chi connectivity index (χ2v) is 12.1. The van der Waals surface area contributed by atoms with Gasteiger partial charge >= 0.3 is 11.9 Å². The van der Waals surface area contributed by atoms with Crippen molar-refractivity contribution < 1.29 is 23.8 Å². The minimum atomic E-state index is -0.390. The number of nitrogens with zero attached hydrogens (tertiary/aromatic N) is 5. The molecule has 48 heavy (non-hydrogen) atoms. The van der Waals surface area contributed by atoms with E-state index in [0.717, 1.165) is 44.0 Å². The largest absolute Gasteiger partial charge is 0.497 e. The Morgan fingerprint density at radius 2 is 1.38 bits per heavy atom. The zero-order valence-electron chi connectivity index (χ0n) is 27.9. The van der Waals surface area contributed by atoms with Gasteiger partial charge in [-0.3, -0.25) is 14.9 Å². The summed E-state index contributed by atoms with van der Waals surface area (Å²) in [6.45, 7) is 9.23. The summed E-state index contributed by atoms with van der Waals surface area (Å²) in [5.74, 6) is 0.0294. The molecular formula is C37H39N5O5S. The Hall–Kier alpha value is -5.00. The molecule has 0 aliphatic carbocycles. The molecule has 0 aliphatic rings. The van der Waals surface area contributed by atoms with Gasteiger partial charge < -0.3 is 14.2 Å². The number of benzene rings is 1. The summed E-state index contributed by atoms with van der Waals surface area (Å²) in [6, 6.07) is 20.8. The molecule has 11 heteroatoms. The zero-order chi connectivity index (χ0) is 34.0. The van der Waals surface area contributed by atoms with E-state index in [-0.39, 0.29) is 25.2 Å². The standard InChI is InChI=1S/C37H39N5O5S/c1-6-28-17-27(37(44)47-8-3)19-31(40-28)23-42(22-30-18-26(16-24(4)39-30)36(43)46-7-2)21-29-10-9-11-33(41-29)35-38-20-34(48-35)25-12-14-32(45-5)15-13-25/h9-20H,6-8,21-23H2,1-5H3. The number of esters is 2. The van der Waals surface area contributed by atoms with E-state index in [1.807, 2.05) is 62.5 Å². The van der Waals surface area contributed by atoms with Crippen molar-refractivity contribution in [1.29, 1.82) is 0 Å². The Labute approximate surface area is 284 Å². The van der Waals surface area contributed by atoms with Gasteiger partial charge in [-0.2, -0.15) is 0 Å². The highest BCUT2D eigenvalue weighted by Gasteiger charge is 2.18. The fraction of sp³-hybridized carbons (Fsp3) is 0.297. The molecule has 248 valence electrons. The number of hydrogen-bond acceptors (Lipinski definition) is 11. The van der Waals surface area contributed by atoms with Crippen molar-refractivity contribution in [1.82, 2.24) is 24.8 Å². The molecule has 4 heterocycles. The number of thiazole rings is 1. The second kappa shape index (κ2) is 16.2. The maximum Gasteiger partial charge on any atom is 0.338 e. The van der Waals surface area contributed by atoms with Gasteiger partial charge in [-0.1, -0.05) is 13.0 Å². The minimum absolute atomic E-state index is 0.284. The molecule has 0 amide bonds. The highest BCUT2D eigenvalue weighted by atomic mass is 32.1. The van der Waals surface area contributed by atoms with Crippen molar-refractivity contribution in [3.05, 3.63) is 113 Å².